The van der Waals surface area contributed by atoms with Crippen LogP contribution in [0.1, 0.15) is 23.0 Å². The van der Waals surface area contributed by atoms with Crippen LogP contribution in [0.25, 0.3) is 0 Å². The molecule has 1 fully saturated rings. The first-order valence-corrected chi connectivity index (χ1v) is 8.23. The van der Waals surface area contributed by atoms with Crippen LogP contribution in [0.3, 0.4) is 0 Å². The molecule has 3 rings (SSSR count). The van der Waals surface area contributed by atoms with Crippen LogP contribution in [0, 0.1) is 6.92 Å². The van der Waals surface area contributed by atoms with Crippen molar-refractivity contribution in [1.29, 1.82) is 0 Å². The van der Waals surface area contributed by atoms with E-state index in [1.165, 1.54) is 6.33 Å². The van der Waals surface area contributed by atoms with Gasteiger partial charge in [-0.1, -0.05) is 12.1 Å². The van der Waals surface area contributed by atoms with E-state index in [1.54, 1.807) is 13.0 Å². The van der Waals surface area contributed by atoms with Crippen LogP contribution < -0.4 is 10.2 Å². The van der Waals surface area contributed by atoms with Gasteiger partial charge in [0.2, 0.25) is 5.91 Å². The van der Waals surface area contributed by atoms with Crippen LogP contribution in [0.5, 0.6) is 0 Å². The fourth-order valence-electron chi connectivity index (χ4n) is 2.81. The summed E-state index contributed by atoms with van der Waals surface area (Å²) < 4.78 is 0. The minimum absolute atomic E-state index is 0.0839. The molecule has 0 spiro atoms. The van der Waals surface area contributed by atoms with E-state index >= 15 is 0 Å². The Labute approximate surface area is 146 Å². The van der Waals surface area contributed by atoms with Crippen LogP contribution in [-0.4, -0.2) is 52.9 Å². The molecule has 2 aromatic rings. The van der Waals surface area contributed by atoms with Gasteiger partial charge in [-0.25, -0.2) is 9.97 Å². The minimum atomic E-state index is -0.267. The third-order valence-corrected chi connectivity index (χ3v) is 4.21. The molecule has 1 aromatic carbocycles. The van der Waals surface area contributed by atoms with Gasteiger partial charge in [0.25, 0.3) is 5.91 Å². The number of carbonyl (C=O) groups excluding carboxylic acids is 2. The fraction of sp³-hybridized carbons (Fsp3) is 0.333. The van der Waals surface area contributed by atoms with Gasteiger partial charge in [-0.15, -0.1) is 0 Å². The van der Waals surface area contributed by atoms with Crippen molar-refractivity contribution in [2.75, 3.05) is 36.4 Å². The highest BCUT2D eigenvalue weighted by molar-refractivity contribution is 6.03. The molecule has 0 radical (unpaired) electrons. The molecule has 1 N–H and O–H groups in total. The summed E-state index contributed by atoms with van der Waals surface area (Å²) >= 11 is 0. The Morgan fingerprint density at radius 3 is 2.52 bits per heavy atom. The number of rotatable bonds is 3. The van der Waals surface area contributed by atoms with Crippen molar-refractivity contribution in [3.8, 4) is 0 Å². The Balaban J connectivity index is 1.69. The van der Waals surface area contributed by atoms with Crippen molar-refractivity contribution in [1.82, 2.24) is 14.9 Å². The van der Waals surface area contributed by atoms with Gasteiger partial charge < -0.3 is 15.1 Å². The molecular weight excluding hydrogens is 318 g/mol. The summed E-state index contributed by atoms with van der Waals surface area (Å²) in [6.45, 7) is 6.24. The summed E-state index contributed by atoms with van der Waals surface area (Å²) in [6.07, 6.45) is 1.40. The maximum atomic E-state index is 12.4. The Morgan fingerprint density at radius 2 is 1.84 bits per heavy atom. The van der Waals surface area contributed by atoms with Crippen LogP contribution in [-0.2, 0) is 4.79 Å². The number of aryl methyl sites for hydroxylation is 1. The first kappa shape index (κ1) is 16.9. The van der Waals surface area contributed by atoms with Gasteiger partial charge in [0.15, 0.2) is 0 Å². The lowest BCUT2D eigenvalue weighted by atomic mass is 10.2. The van der Waals surface area contributed by atoms with Crippen molar-refractivity contribution in [2.24, 2.45) is 0 Å². The number of amides is 2. The third kappa shape index (κ3) is 4.12. The number of hydrogen-bond donors (Lipinski definition) is 1. The summed E-state index contributed by atoms with van der Waals surface area (Å²) in [5.74, 6) is 0.518. The minimum Gasteiger partial charge on any atom is -0.353 e. The van der Waals surface area contributed by atoms with E-state index in [0.717, 1.165) is 11.3 Å². The maximum absolute atomic E-state index is 12.4. The lowest BCUT2D eigenvalue weighted by Gasteiger charge is -2.34. The molecule has 0 saturated carbocycles. The zero-order valence-corrected chi connectivity index (χ0v) is 14.4. The summed E-state index contributed by atoms with van der Waals surface area (Å²) in [5, 5.41) is 2.85. The Morgan fingerprint density at radius 1 is 1.08 bits per heavy atom. The fourth-order valence-corrected chi connectivity index (χ4v) is 2.81. The van der Waals surface area contributed by atoms with E-state index in [9.17, 15) is 9.59 Å². The molecule has 2 amide bonds. The first-order chi connectivity index (χ1) is 12.0. The number of carbonyl (C=O) groups is 2. The lowest BCUT2D eigenvalue weighted by molar-refractivity contribution is -0.129. The van der Waals surface area contributed by atoms with Crippen molar-refractivity contribution in [2.45, 2.75) is 13.8 Å². The second-order valence-corrected chi connectivity index (χ2v) is 6.08. The quantitative estimate of drug-likeness (QED) is 0.921. The molecule has 130 valence electrons. The molecule has 7 heteroatoms. The van der Waals surface area contributed by atoms with Gasteiger partial charge in [0.1, 0.15) is 17.8 Å². The molecule has 0 aliphatic carbocycles. The number of nitrogens with one attached hydrogen (secondary N) is 1. The largest absolute Gasteiger partial charge is 0.353 e. The van der Waals surface area contributed by atoms with E-state index in [2.05, 4.69) is 20.2 Å². The van der Waals surface area contributed by atoms with Crippen LogP contribution in [0.2, 0.25) is 0 Å². The number of aromatic nitrogens is 2. The number of hydrogen-bond acceptors (Lipinski definition) is 5. The van der Waals surface area contributed by atoms with Crippen LogP contribution >= 0.6 is 0 Å². The molecule has 0 unspecified atom stereocenters. The third-order valence-electron chi connectivity index (χ3n) is 4.21. The molecule has 2 heterocycles. The maximum Gasteiger partial charge on any atom is 0.274 e. The highest BCUT2D eigenvalue weighted by Crippen LogP contribution is 2.16. The normalized spacial score (nSPS) is 14.3. The highest BCUT2D eigenvalue weighted by atomic mass is 16.2. The average Bonchev–Trinajstić information content (AvgIpc) is 2.62. The summed E-state index contributed by atoms with van der Waals surface area (Å²) in [7, 11) is 0. The topological polar surface area (TPSA) is 78.4 Å². The van der Waals surface area contributed by atoms with Gasteiger partial charge in [-0.2, -0.15) is 0 Å². The Bertz CT molecular complexity index is 785. The molecule has 0 atom stereocenters. The Hall–Kier alpha value is -2.96. The van der Waals surface area contributed by atoms with Gasteiger partial charge in [-0.05, 0) is 24.6 Å². The van der Waals surface area contributed by atoms with E-state index < -0.39 is 0 Å². The van der Waals surface area contributed by atoms with E-state index in [0.29, 0.717) is 37.7 Å². The zero-order chi connectivity index (χ0) is 17.8. The molecular formula is C18H21N5O2. The Kier molecular flexibility index (Phi) is 4.92. The van der Waals surface area contributed by atoms with Gasteiger partial charge in [-0.3, -0.25) is 9.59 Å². The lowest BCUT2D eigenvalue weighted by Crippen LogP contribution is -2.48. The van der Waals surface area contributed by atoms with Crippen molar-refractivity contribution >= 4 is 23.3 Å². The predicted octanol–water partition coefficient (Wildman–Crippen LogP) is 1.71. The van der Waals surface area contributed by atoms with E-state index in [4.69, 9.17) is 0 Å². The number of anilines is 2. The number of benzene rings is 1. The van der Waals surface area contributed by atoms with E-state index in [1.807, 2.05) is 36.1 Å². The SMILES string of the molecule is CC(=O)N1CCN(c2cc(C(=O)Nc3cccc(C)c3)ncn2)CC1. The van der Waals surface area contributed by atoms with E-state index in [-0.39, 0.29) is 11.8 Å². The number of piperazine rings is 1. The highest BCUT2D eigenvalue weighted by Gasteiger charge is 2.20. The monoisotopic (exact) mass is 339 g/mol. The van der Waals surface area contributed by atoms with Crippen molar-refractivity contribution < 1.29 is 9.59 Å². The molecule has 7 nitrogen and oxygen atoms in total. The van der Waals surface area contributed by atoms with Gasteiger partial charge in [0, 0.05) is 44.9 Å². The number of nitrogens with zero attached hydrogens (tertiary/aromatic N) is 4. The second kappa shape index (κ2) is 7.29. The molecule has 0 bridgehead atoms. The van der Waals surface area contributed by atoms with Gasteiger partial charge >= 0.3 is 0 Å². The van der Waals surface area contributed by atoms with Crippen molar-refractivity contribution in [3.63, 3.8) is 0 Å². The summed E-state index contributed by atoms with van der Waals surface area (Å²) in [6, 6.07) is 9.30. The summed E-state index contributed by atoms with van der Waals surface area (Å²) in [4.78, 5) is 36.1. The zero-order valence-electron chi connectivity index (χ0n) is 14.4. The molecule has 25 heavy (non-hydrogen) atoms. The molecule has 1 aliphatic rings. The van der Waals surface area contributed by atoms with Crippen LogP contribution in [0.15, 0.2) is 36.7 Å². The smallest absolute Gasteiger partial charge is 0.274 e. The van der Waals surface area contributed by atoms with Gasteiger partial charge in [0.05, 0.1) is 0 Å². The molecule has 1 aliphatic heterocycles. The molecule has 1 saturated heterocycles. The predicted molar refractivity (Wildman–Crippen MR) is 95.6 cm³/mol. The van der Waals surface area contributed by atoms with Crippen molar-refractivity contribution in [3.05, 3.63) is 47.9 Å². The second-order valence-electron chi connectivity index (χ2n) is 6.08. The molecule has 1 aromatic heterocycles. The van der Waals surface area contributed by atoms with Crippen LogP contribution in [0.4, 0.5) is 11.5 Å². The summed E-state index contributed by atoms with van der Waals surface area (Å²) in [5.41, 5.74) is 2.13. The standard InChI is InChI=1S/C18H21N5O2/c1-13-4-3-5-15(10-13)21-18(25)16-11-17(20-12-19-16)23-8-6-22(7-9-23)14(2)24/h3-5,10-12H,6-9H2,1-2H3,(H,21,25). The average molecular weight is 339 g/mol. The first-order valence-electron chi connectivity index (χ1n) is 8.23.